The monoisotopic (exact) mass is 1030 g/mol. The van der Waals surface area contributed by atoms with Gasteiger partial charge in [-0.1, -0.05) is 32.0 Å². The first-order valence-corrected chi connectivity index (χ1v) is 26.7. The summed E-state index contributed by atoms with van der Waals surface area (Å²) in [4.78, 5) is 22.7. The van der Waals surface area contributed by atoms with Crippen LogP contribution in [0.3, 0.4) is 0 Å². The maximum atomic E-state index is 12.6. The molecule has 0 radical (unpaired) electrons. The van der Waals surface area contributed by atoms with Gasteiger partial charge in [-0.15, -0.1) is 0 Å². The topological polar surface area (TPSA) is 198 Å². The third-order valence-electron chi connectivity index (χ3n) is 15.4. The minimum absolute atomic E-state index is 0.00154. The number of hydrogen-bond acceptors (Lipinski definition) is 12. The molecule has 0 aromatic heterocycles. The Bertz CT molecular complexity index is 2370. The molecule has 9 rings (SSSR count). The van der Waals surface area contributed by atoms with Crippen molar-refractivity contribution in [1.82, 2.24) is 10.6 Å². The van der Waals surface area contributed by atoms with E-state index in [1.54, 1.807) is 26.4 Å². The maximum Gasteiger partial charge on any atom is 0.387 e. The normalized spacial score (nSPS) is 24.0. The fourth-order valence-corrected chi connectivity index (χ4v) is 10.8. The lowest BCUT2D eigenvalue weighted by Gasteiger charge is -2.33. The Labute approximate surface area is 434 Å². The highest BCUT2D eigenvalue weighted by atomic mass is 19.3. The minimum atomic E-state index is -2.92. The van der Waals surface area contributed by atoms with Gasteiger partial charge in [0.15, 0.2) is 34.5 Å². The number of hydrogen-bond donors (Lipinski definition) is 5. The van der Waals surface area contributed by atoms with Crippen molar-refractivity contribution in [3.05, 3.63) is 93.8 Å². The molecule has 5 N–H and O–H groups in total. The van der Waals surface area contributed by atoms with Crippen LogP contribution in [0, 0.1) is 17.2 Å². The van der Waals surface area contributed by atoms with Crippen LogP contribution < -0.4 is 39.1 Å². The minimum Gasteiger partial charge on any atom is -0.493 e. The number of nitrogens with zero attached hydrogens (tertiary/aromatic N) is 1. The second-order valence-corrected chi connectivity index (χ2v) is 20.4. The van der Waals surface area contributed by atoms with Crippen molar-refractivity contribution in [1.29, 1.82) is 5.26 Å². The van der Waals surface area contributed by atoms with Gasteiger partial charge in [-0.2, -0.15) is 14.0 Å². The van der Waals surface area contributed by atoms with Crippen LogP contribution in [0.1, 0.15) is 158 Å². The number of methoxy groups -OCH3 is 2. The van der Waals surface area contributed by atoms with Crippen LogP contribution in [-0.2, 0) is 15.0 Å². The summed E-state index contributed by atoms with van der Waals surface area (Å²) in [5.74, 6) is 2.73. The number of aliphatic hydroxyl groups is 1. The Morgan fingerprint density at radius 3 is 1.55 bits per heavy atom. The number of carboxylic acids is 2. The molecule has 0 spiro atoms. The Kier molecular flexibility index (Phi) is 19.8. The molecular weight excluding hydrogens is 953 g/mol. The van der Waals surface area contributed by atoms with Crippen molar-refractivity contribution in [3.63, 3.8) is 0 Å². The lowest BCUT2D eigenvalue weighted by atomic mass is 9.70. The number of aliphatic hydroxyl groups excluding tert-OH is 1. The highest BCUT2D eigenvalue weighted by Crippen LogP contribution is 2.44. The smallest absolute Gasteiger partial charge is 0.387 e. The van der Waals surface area contributed by atoms with Gasteiger partial charge in [0.25, 0.3) is 0 Å². The molecule has 6 fully saturated rings. The average molecular weight is 1030 g/mol. The first-order chi connectivity index (χ1) is 35.8. The number of carbonyl (C=O) groups is 2. The number of ether oxygens (including phenoxy) is 6. The van der Waals surface area contributed by atoms with Crippen molar-refractivity contribution in [3.8, 4) is 40.6 Å². The number of rotatable bonds is 18. The first-order valence-electron chi connectivity index (χ1n) is 26.7. The molecule has 0 unspecified atom stereocenters. The molecule has 16 heteroatoms. The number of benzene rings is 3. The molecule has 4 aliphatic carbocycles. The maximum absolute atomic E-state index is 12.6. The second kappa shape index (κ2) is 26.3. The number of nitriles is 1. The van der Waals surface area contributed by atoms with E-state index in [9.17, 15) is 39.0 Å². The predicted octanol–water partition coefficient (Wildman–Crippen LogP) is 11.5. The number of allylic oxidation sites excluding steroid dienone is 2. The van der Waals surface area contributed by atoms with Crippen molar-refractivity contribution in [2.75, 3.05) is 33.9 Å². The largest absolute Gasteiger partial charge is 0.493 e. The van der Waals surface area contributed by atoms with E-state index in [0.29, 0.717) is 62.2 Å². The van der Waals surface area contributed by atoms with E-state index in [1.807, 2.05) is 26.0 Å². The van der Waals surface area contributed by atoms with Gasteiger partial charge < -0.3 is 54.4 Å². The zero-order valence-corrected chi connectivity index (χ0v) is 43.4. The van der Waals surface area contributed by atoms with E-state index >= 15 is 0 Å². The summed E-state index contributed by atoms with van der Waals surface area (Å²) in [5.41, 5.74) is 5.04. The van der Waals surface area contributed by atoms with Crippen molar-refractivity contribution in [2.24, 2.45) is 5.92 Å². The van der Waals surface area contributed by atoms with Crippen LogP contribution in [0.5, 0.6) is 34.5 Å². The Morgan fingerprint density at radius 1 is 0.676 bits per heavy atom. The van der Waals surface area contributed by atoms with E-state index in [0.717, 1.165) is 116 Å². The van der Waals surface area contributed by atoms with Crippen LogP contribution in [-0.4, -0.2) is 86.1 Å². The summed E-state index contributed by atoms with van der Waals surface area (Å²) < 4.78 is 58.7. The number of halogens is 2. The van der Waals surface area contributed by atoms with Gasteiger partial charge in [-0.05, 0) is 175 Å². The quantitative estimate of drug-likeness (QED) is 0.0754. The zero-order chi connectivity index (χ0) is 52.8. The summed E-state index contributed by atoms with van der Waals surface area (Å²) in [6.45, 7) is 2.82. The molecule has 2 atom stereocenters. The van der Waals surface area contributed by atoms with E-state index in [4.69, 9.17) is 23.7 Å². The molecule has 0 bridgehead atoms. The highest BCUT2D eigenvalue weighted by Gasteiger charge is 2.38. The van der Waals surface area contributed by atoms with Gasteiger partial charge >= 0.3 is 18.6 Å². The zero-order valence-electron chi connectivity index (χ0n) is 43.4. The van der Waals surface area contributed by atoms with E-state index in [-0.39, 0.29) is 41.6 Å². The molecule has 6 aliphatic rings. The molecule has 4 saturated carbocycles. The van der Waals surface area contributed by atoms with Gasteiger partial charge in [0.2, 0.25) is 0 Å². The number of carboxylic acid groups (broad SMARTS) is 2. The summed E-state index contributed by atoms with van der Waals surface area (Å²) >= 11 is 0. The average Bonchev–Trinajstić information content (AvgIpc) is 3.92. The molecule has 3 aromatic carbocycles. The molecule has 74 heavy (non-hydrogen) atoms. The fraction of sp³-hybridized carbons (Fsp3) is 0.569. The Morgan fingerprint density at radius 2 is 1.15 bits per heavy atom. The van der Waals surface area contributed by atoms with E-state index in [1.165, 1.54) is 31.7 Å². The Balaban J connectivity index is 0.000000162. The van der Waals surface area contributed by atoms with Crippen molar-refractivity contribution >= 4 is 11.9 Å². The summed E-state index contributed by atoms with van der Waals surface area (Å²) in [5, 5.41) is 44.6. The summed E-state index contributed by atoms with van der Waals surface area (Å²) in [6, 6.07) is 19.3. The first kappa shape index (κ1) is 55.5. The molecule has 14 nitrogen and oxygen atoms in total. The number of aliphatic carboxylic acids is 2. The molecular formula is C58H75F2N3O11. The predicted molar refractivity (Wildman–Crippen MR) is 275 cm³/mol. The standard InChI is InChI=1S/2C20H27NO4.C18H21F2NO3/c2*1-3-16(20(22)23)17-10-14(12-21-17)13-8-9-18(24-2)19(11-13)25-15-6-4-5-7-15;19-17(20)24-15-4-3-13(9-16(15)23-10-12-1-2-12)18(11-21)7-5-14(22)6-8-18/h2*8-9,11,14-15,21H,3-7,10,12H2,1-2H3,(H,22,23);3-4,9,12,14,17,22H,1-2,5-8,10H2/t2*14-;14-,18+/m10./s1. The third kappa shape index (κ3) is 14.5. The molecule has 2 heterocycles. The Hall–Kier alpha value is -6.21. The van der Waals surface area contributed by atoms with Crippen molar-refractivity contribution in [2.45, 2.75) is 172 Å². The van der Waals surface area contributed by atoms with E-state index in [2.05, 4.69) is 45.7 Å². The van der Waals surface area contributed by atoms with Crippen molar-refractivity contribution < 1.29 is 62.1 Å². The van der Waals surface area contributed by atoms with Crippen LogP contribution in [0.2, 0.25) is 0 Å². The summed E-state index contributed by atoms with van der Waals surface area (Å²) in [7, 11) is 3.32. The van der Waals surface area contributed by atoms with Gasteiger partial charge in [-0.25, -0.2) is 9.59 Å². The number of alkyl halides is 2. The van der Waals surface area contributed by atoms with E-state index < -0.39 is 24.0 Å². The van der Waals surface area contributed by atoms with Gasteiger partial charge in [-0.3, -0.25) is 0 Å². The molecule has 3 aromatic rings. The van der Waals surface area contributed by atoms with Crippen LogP contribution in [0.15, 0.2) is 77.1 Å². The summed E-state index contributed by atoms with van der Waals surface area (Å²) in [6.07, 6.45) is 16.4. The lowest BCUT2D eigenvalue weighted by Crippen LogP contribution is -2.32. The van der Waals surface area contributed by atoms with Crippen LogP contribution >= 0.6 is 0 Å². The van der Waals surface area contributed by atoms with Crippen LogP contribution in [0.25, 0.3) is 0 Å². The van der Waals surface area contributed by atoms with Gasteiger partial charge in [0.1, 0.15) is 0 Å². The molecule has 0 amide bonds. The molecule has 402 valence electrons. The fourth-order valence-electron chi connectivity index (χ4n) is 10.8. The highest BCUT2D eigenvalue weighted by molar-refractivity contribution is 5.88. The van der Waals surface area contributed by atoms with Crippen LogP contribution in [0.4, 0.5) is 8.78 Å². The third-order valence-corrected chi connectivity index (χ3v) is 15.4. The molecule has 2 aliphatic heterocycles. The molecule has 2 saturated heterocycles. The van der Waals surface area contributed by atoms with Gasteiger partial charge in [0, 0.05) is 36.3 Å². The lowest BCUT2D eigenvalue weighted by molar-refractivity contribution is -0.133. The second-order valence-electron chi connectivity index (χ2n) is 20.4. The SMILES string of the molecule is CCC(C(=O)O)=C1C[C@@H](c2ccc(OC)c(OC3CCCC3)c2)CN1.CCC(C(=O)O)=C1C[C@H](c2ccc(OC)c(OC3CCCC3)c2)CN1.N#C[C@]1(c2ccc(OC(F)F)c(OCC3CC3)c2)CC[C@@H](O)CC1. The number of nitrogens with one attached hydrogen (secondary N) is 2. The van der Waals surface area contributed by atoms with Gasteiger partial charge in [0.05, 0.1) is 61.8 Å².